The maximum Gasteiger partial charge on any atom is 0.196 e. The van der Waals surface area contributed by atoms with Crippen molar-refractivity contribution < 1.29 is 4.79 Å². The Balaban J connectivity index is 1.60. The highest BCUT2D eigenvalue weighted by Crippen LogP contribution is 2.43. The van der Waals surface area contributed by atoms with E-state index in [1.807, 2.05) is 12.1 Å². The number of hydrogen-bond donors (Lipinski definition) is 1. The fourth-order valence-corrected chi connectivity index (χ4v) is 7.76. The second kappa shape index (κ2) is 12.2. The first-order valence-electron chi connectivity index (χ1n) is 14.8. The summed E-state index contributed by atoms with van der Waals surface area (Å²) in [4.78, 5) is 18.0. The van der Waals surface area contributed by atoms with Crippen molar-refractivity contribution in [3.8, 4) is 10.4 Å². The molecule has 2 N–H and O–H groups in total. The zero-order chi connectivity index (χ0) is 27.6. The van der Waals surface area contributed by atoms with E-state index in [1.165, 1.54) is 69.8 Å². The van der Waals surface area contributed by atoms with E-state index < -0.39 is 0 Å². The molecular formula is C34H43ClN2OS. The smallest absolute Gasteiger partial charge is 0.196 e. The number of thiophene rings is 1. The molecule has 1 aromatic heterocycles. The SMILES string of the molecule is CC(C)(C)c1ccc(-c2sc(N)c(C(=O)c3ccc(Cl)cc3)c2CN(C2CCCCC2)C2CCCCC2)cc1. The minimum Gasteiger partial charge on any atom is -0.390 e. The van der Waals surface area contributed by atoms with Crippen molar-refractivity contribution in [2.45, 2.75) is 109 Å². The van der Waals surface area contributed by atoms with Gasteiger partial charge < -0.3 is 5.73 Å². The van der Waals surface area contributed by atoms with Crippen LogP contribution in [0.25, 0.3) is 10.4 Å². The first-order chi connectivity index (χ1) is 18.7. The number of nitrogen functional groups attached to an aromatic ring is 1. The van der Waals surface area contributed by atoms with E-state index in [4.69, 9.17) is 17.3 Å². The van der Waals surface area contributed by atoms with Gasteiger partial charge in [-0.15, -0.1) is 11.3 Å². The molecule has 3 nitrogen and oxygen atoms in total. The van der Waals surface area contributed by atoms with E-state index in [-0.39, 0.29) is 11.2 Å². The summed E-state index contributed by atoms with van der Waals surface area (Å²) in [6.45, 7) is 7.51. The van der Waals surface area contributed by atoms with Crippen LogP contribution in [0, 0.1) is 0 Å². The lowest BCUT2D eigenvalue weighted by atomic mass is 9.86. The number of carbonyl (C=O) groups excluding carboxylic acids is 1. The fourth-order valence-electron chi connectivity index (χ4n) is 6.55. The first-order valence-corrected chi connectivity index (χ1v) is 16.0. The molecule has 2 aliphatic carbocycles. The number of halogens is 1. The Kier molecular flexibility index (Phi) is 8.85. The summed E-state index contributed by atoms with van der Waals surface area (Å²) in [5.41, 5.74) is 11.7. The Morgan fingerprint density at radius 1 is 0.872 bits per heavy atom. The molecule has 2 fully saturated rings. The van der Waals surface area contributed by atoms with E-state index in [2.05, 4.69) is 49.9 Å². The topological polar surface area (TPSA) is 46.3 Å². The van der Waals surface area contributed by atoms with Crippen molar-refractivity contribution in [2.75, 3.05) is 5.73 Å². The number of benzene rings is 2. The zero-order valence-corrected chi connectivity index (χ0v) is 25.3. The van der Waals surface area contributed by atoms with Gasteiger partial charge in [0.25, 0.3) is 0 Å². The van der Waals surface area contributed by atoms with Gasteiger partial charge in [-0.1, -0.05) is 95.2 Å². The highest BCUT2D eigenvalue weighted by atomic mass is 35.5. The summed E-state index contributed by atoms with van der Waals surface area (Å²) in [5, 5.41) is 1.25. The molecule has 39 heavy (non-hydrogen) atoms. The average molecular weight is 563 g/mol. The summed E-state index contributed by atoms with van der Waals surface area (Å²) in [5.74, 6) is 0.000201. The summed E-state index contributed by atoms with van der Waals surface area (Å²) < 4.78 is 0. The Morgan fingerprint density at radius 3 is 1.92 bits per heavy atom. The van der Waals surface area contributed by atoms with Gasteiger partial charge >= 0.3 is 0 Å². The lowest BCUT2D eigenvalue weighted by Gasteiger charge is -2.42. The van der Waals surface area contributed by atoms with Gasteiger partial charge in [-0.25, -0.2) is 0 Å². The molecule has 0 saturated heterocycles. The van der Waals surface area contributed by atoms with Gasteiger partial charge in [0.15, 0.2) is 5.78 Å². The number of nitrogens with two attached hydrogens (primary N) is 1. The number of hydrogen-bond acceptors (Lipinski definition) is 4. The van der Waals surface area contributed by atoms with Crippen LogP contribution in [0.1, 0.15) is 112 Å². The second-order valence-electron chi connectivity index (χ2n) is 12.6. The molecule has 5 heteroatoms. The number of ketones is 1. The van der Waals surface area contributed by atoms with E-state index in [1.54, 1.807) is 23.5 Å². The van der Waals surface area contributed by atoms with Gasteiger partial charge in [0.1, 0.15) is 0 Å². The molecular weight excluding hydrogens is 520 g/mol. The fraction of sp³-hybridized carbons (Fsp3) is 0.500. The minimum atomic E-state index is 0.000201. The highest BCUT2D eigenvalue weighted by Gasteiger charge is 2.33. The quantitative estimate of drug-likeness (QED) is 0.291. The van der Waals surface area contributed by atoms with Gasteiger partial charge in [0, 0.05) is 34.1 Å². The van der Waals surface area contributed by atoms with Crippen molar-refractivity contribution in [2.24, 2.45) is 0 Å². The predicted molar refractivity (Wildman–Crippen MR) is 167 cm³/mol. The summed E-state index contributed by atoms with van der Waals surface area (Å²) >= 11 is 7.73. The van der Waals surface area contributed by atoms with Crippen LogP contribution < -0.4 is 5.73 Å². The van der Waals surface area contributed by atoms with Crippen LogP contribution in [-0.4, -0.2) is 22.8 Å². The van der Waals surface area contributed by atoms with E-state index in [0.717, 1.165) is 22.5 Å². The van der Waals surface area contributed by atoms with Crippen molar-refractivity contribution in [1.29, 1.82) is 0 Å². The van der Waals surface area contributed by atoms with Gasteiger partial charge in [0.05, 0.1) is 10.6 Å². The molecule has 0 aliphatic heterocycles. The molecule has 0 atom stereocenters. The van der Waals surface area contributed by atoms with Gasteiger partial charge in [-0.3, -0.25) is 9.69 Å². The van der Waals surface area contributed by atoms with Crippen LogP contribution in [0.15, 0.2) is 48.5 Å². The largest absolute Gasteiger partial charge is 0.390 e. The third-order valence-corrected chi connectivity index (χ3v) is 10.2. The van der Waals surface area contributed by atoms with Crippen molar-refractivity contribution >= 4 is 33.7 Å². The molecule has 0 amide bonds. The molecule has 208 valence electrons. The zero-order valence-electron chi connectivity index (χ0n) is 23.8. The minimum absolute atomic E-state index is 0.000201. The molecule has 0 radical (unpaired) electrons. The Hall–Kier alpha value is -2.14. The Bertz CT molecular complexity index is 1240. The number of nitrogens with zero attached hydrogens (tertiary/aromatic N) is 1. The van der Waals surface area contributed by atoms with Gasteiger partial charge in [-0.05, 0) is 72.1 Å². The van der Waals surface area contributed by atoms with Crippen LogP contribution in [0.2, 0.25) is 5.02 Å². The van der Waals surface area contributed by atoms with Crippen LogP contribution >= 0.6 is 22.9 Å². The molecule has 2 saturated carbocycles. The van der Waals surface area contributed by atoms with Gasteiger partial charge in [0.2, 0.25) is 0 Å². The molecule has 3 aromatic rings. The summed E-state index contributed by atoms with van der Waals surface area (Å²) in [6, 6.07) is 17.3. The van der Waals surface area contributed by atoms with Crippen LogP contribution in [-0.2, 0) is 12.0 Å². The van der Waals surface area contributed by atoms with Crippen LogP contribution in [0.3, 0.4) is 0 Å². The molecule has 2 aliphatic rings. The maximum absolute atomic E-state index is 14.0. The predicted octanol–water partition coefficient (Wildman–Crippen LogP) is 9.65. The normalized spacial score (nSPS) is 17.6. The average Bonchev–Trinajstić information content (AvgIpc) is 3.27. The standard InChI is InChI=1S/C34H43ClN2OS/c1-34(2,3)25-18-14-24(15-19-25)32-29(30(33(36)39-32)31(38)23-16-20-26(35)21-17-23)22-37(27-10-6-4-7-11-27)28-12-8-5-9-13-28/h14-21,27-28H,4-13,22,36H2,1-3H3. The molecule has 0 unspecified atom stereocenters. The number of rotatable bonds is 7. The van der Waals surface area contributed by atoms with E-state index >= 15 is 0 Å². The monoisotopic (exact) mass is 562 g/mol. The summed E-state index contributed by atoms with van der Waals surface area (Å²) in [7, 11) is 0. The molecule has 0 bridgehead atoms. The van der Waals surface area contributed by atoms with Crippen LogP contribution in [0.5, 0.6) is 0 Å². The molecule has 0 spiro atoms. The number of carbonyl (C=O) groups is 1. The Labute approximate surface area is 243 Å². The van der Waals surface area contributed by atoms with Crippen molar-refractivity contribution in [3.63, 3.8) is 0 Å². The van der Waals surface area contributed by atoms with Crippen molar-refractivity contribution in [1.82, 2.24) is 4.90 Å². The lowest BCUT2D eigenvalue weighted by Crippen LogP contribution is -2.44. The summed E-state index contributed by atoms with van der Waals surface area (Å²) in [6.07, 6.45) is 12.9. The Morgan fingerprint density at radius 2 is 1.41 bits per heavy atom. The van der Waals surface area contributed by atoms with Crippen molar-refractivity contribution in [3.05, 3.63) is 75.8 Å². The molecule has 2 aromatic carbocycles. The first kappa shape index (κ1) is 28.4. The molecule has 1 heterocycles. The molecule has 5 rings (SSSR count). The van der Waals surface area contributed by atoms with Crippen LogP contribution in [0.4, 0.5) is 5.00 Å². The van der Waals surface area contributed by atoms with Gasteiger partial charge in [-0.2, -0.15) is 0 Å². The van der Waals surface area contributed by atoms with E-state index in [0.29, 0.717) is 33.2 Å². The third-order valence-electron chi connectivity index (χ3n) is 8.81. The third kappa shape index (κ3) is 6.45. The maximum atomic E-state index is 14.0. The second-order valence-corrected chi connectivity index (χ2v) is 14.1. The highest BCUT2D eigenvalue weighted by molar-refractivity contribution is 7.20. The lowest BCUT2D eigenvalue weighted by molar-refractivity contribution is 0.0728. The van der Waals surface area contributed by atoms with E-state index in [9.17, 15) is 4.79 Å². The number of anilines is 1.